The first-order valence-corrected chi connectivity index (χ1v) is 5.85. The average Bonchev–Trinajstić information content (AvgIpc) is 2.28. The Bertz CT molecular complexity index is 339. The van der Waals surface area contributed by atoms with Crippen molar-refractivity contribution in [2.45, 2.75) is 33.2 Å². The number of nitrogens with one attached hydrogen (secondary N) is 1. The Morgan fingerprint density at radius 2 is 2.12 bits per heavy atom. The number of carbonyl (C=O) groups is 2. The van der Waals surface area contributed by atoms with E-state index in [9.17, 15) is 9.59 Å². The van der Waals surface area contributed by atoms with Crippen LogP contribution < -0.4 is 5.32 Å². The monoisotopic (exact) mass is 240 g/mol. The van der Waals surface area contributed by atoms with Gasteiger partial charge in [-0.15, -0.1) is 0 Å². The zero-order chi connectivity index (χ0) is 13.0. The summed E-state index contributed by atoms with van der Waals surface area (Å²) in [5, 5.41) is 11.6. The summed E-state index contributed by atoms with van der Waals surface area (Å²) in [6.07, 6.45) is 2.91. The topological polar surface area (TPSA) is 69.6 Å². The lowest BCUT2D eigenvalue weighted by Crippen LogP contribution is -2.48. The van der Waals surface area contributed by atoms with Crippen LogP contribution in [0.25, 0.3) is 0 Å². The van der Waals surface area contributed by atoms with E-state index in [0.29, 0.717) is 13.1 Å². The van der Waals surface area contributed by atoms with Crippen LogP contribution in [0.4, 0.5) is 4.79 Å². The molecule has 2 amide bonds. The van der Waals surface area contributed by atoms with Gasteiger partial charge in [0, 0.05) is 19.1 Å². The first-order chi connectivity index (χ1) is 7.91. The molecule has 5 nitrogen and oxygen atoms in total. The molecular weight excluding hydrogens is 220 g/mol. The largest absolute Gasteiger partial charge is 0.481 e. The van der Waals surface area contributed by atoms with Crippen molar-refractivity contribution in [1.82, 2.24) is 10.2 Å². The van der Waals surface area contributed by atoms with E-state index >= 15 is 0 Å². The molecule has 17 heavy (non-hydrogen) atoms. The molecule has 2 unspecified atom stereocenters. The van der Waals surface area contributed by atoms with Gasteiger partial charge in [-0.2, -0.15) is 0 Å². The molecule has 96 valence electrons. The summed E-state index contributed by atoms with van der Waals surface area (Å²) in [7, 11) is 0. The second kappa shape index (κ2) is 5.70. The number of carboxylic acid groups (broad SMARTS) is 1. The highest BCUT2D eigenvalue weighted by molar-refractivity contribution is 5.77. The van der Waals surface area contributed by atoms with E-state index in [1.54, 1.807) is 18.7 Å². The van der Waals surface area contributed by atoms with Crippen molar-refractivity contribution in [1.29, 1.82) is 0 Å². The van der Waals surface area contributed by atoms with E-state index < -0.39 is 11.9 Å². The van der Waals surface area contributed by atoms with Crippen LogP contribution in [0.1, 0.15) is 27.2 Å². The predicted octanol–water partition coefficient (Wildman–Crippen LogP) is 1.46. The molecule has 2 atom stereocenters. The molecule has 0 radical (unpaired) electrons. The molecule has 2 N–H and O–H groups in total. The fraction of sp³-hybridized carbons (Fsp3) is 0.667. The molecule has 1 rings (SSSR count). The Labute approximate surface area is 101 Å². The first kappa shape index (κ1) is 13.5. The quantitative estimate of drug-likeness (QED) is 0.734. The van der Waals surface area contributed by atoms with Gasteiger partial charge in [-0.25, -0.2) is 4.79 Å². The lowest BCUT2D eigenvalue weighted by molar-refractivity contribution is -0.141. The molecule has 1 heterocycles. The van der Waals surface area contributed by atoms with Gasteiger partial charge in [-0.05, 0) is 27.2 Å². The fourth-order valence-electron chi connectivity index (χ4n) is 1.58. The summed E-state index contributed by atoms with van der Waals surface area (Å²) in [6.45, 7) is 6.65. The zero-order valence-electron chi connectivity index (χ0n) is 10.6. The number of nitrogens with zero attached hydrogens (tertiary/aromatic N) is 1. The fourth-order valence-corrected chi connectivity index (χ4v) is 1.58. The van der Waals surface area contributed by atoms with Gasteiger partial charge >= 0.3 is 12.0 Å². The molecule has 0 saturated carbocycles. The van der Waals surface area contributed by atoms with Crippen molar-refractivity contribution < 1.29 is 14.7 Å². The molecule has 0 aromatic rings. The normalized spacial score (nSPS) is 19.2. The highest BCUT2D eigenvalue weighted by atomic mass is 16.4. The Hall–Kier alpha value is -1.52. The van der Waals surface area contributed by atoms with Crippen molar-refractivity contribution >= 4 is 12.0 Å². The van der Waals surface area contributed by atoms with Crippen LogP contribution in [-0.4, -0.2) is 41.1 Å². The van der Waals surface area contributed by atoms with Crippen molar-refractivity contribution in [2.75, 3.05) is 13.1 Å². The number of hydrogen-bond acceptors (Lipinski definition) is 2. The van der Waals surface area contributed by atoms with Crippen molar-refractivity contribution in [3.8, 4) is 0 Å². The third-order valence-electron chi connectivity index (χ3n) is 3.21. The van der Waals surface area contributed by atoms with E-state index in [-0.39, 0.29) is 12.1 Å². The van der Waals surface area contributed by atoms with Gasteiger partial charge in [-0.3, -0.25) is 4.79 Å². The minimum absolute atomic E-state index is 0.186. The second-order valence-electron chi connectivity index (χ2n) is 4.61. The van der Waals surface area contributed by atoms with Crippen molar-refractivity contribution in [3.63, 3.8) is 0 Å². The predicted molar refractivity (Wildman–Crippen MR) is 64.7 cm³/mol. The minimum Gasteiger partial charge on any atom is -0.481 e. The van der Waals surface area contributed by atoms with Gasteiger partial charge in [0.15, 0.2) is 0 Å². The number of rotatable bonds is 3. The zero-order valence-corrected chi connectivity index (χ0v) is 10.6. The third kappa shape index (κ3) is 3.76. The summed E-state index contributed by atoms with van der Waals surface area (Å²) in [4.78, 5) is 24.3. The highest BCUT2D eigenvalue weighted by Crippen LogP contribution is 2.10. The Balaban J connectivity index is 2.47. The van der Waals surface area contributed by atoms with Crippen LogP contribution in [0.15, 0.2) is 11.6 Å². The number of carboxylic acids is 1. The van der Waals surface area contributed by atoms with Crippen LogP contribution in [0.2, 0.25) is 0 Å². The molecule has 0 bridgehead atoms. The van der Waals surface area contributed by atoms with Crippen LogP contribution in [0.5, 0.6) is 0 Å². The molecule has 1 aliphatic heterocycles. The van der Waals surface area contributed by atoms with Gasteiger partial charge in [0.25, 0.3) is 0 Å². The molecule has 0 saturated heterocycles. The highest BCUT2D eigenvalue weighted by Gasteiger charge is 2.23. The van der Waals surface area contributed by atoms with Gasteiger partial charge in [0.05, 0.1) is 5.92 Å². The summed E-state index contributed by atoms with van der Waals surface area (Å²) in [5.74, 6) is -1.48. The summed E-state index contributed by atoms with van der Waals surface area (Å²) in [6, 6.07) is -0.554. The molecular formula is C12H20N2O3. The lowest BCUT2D eigenvalue weighted by Gasteiger charge is -2.28. The van der Waals surface area contributed by atoms with E-state index in [1.807, 2.05) is 13.0 Å². The van der Waals surface area contributed by atoms with E-state index in [2.05, 4.69) is 5.32 Å². The SMILES string of the molecule is CC1=CCN(C(=O)NC(C)C(C)C(=O)O)CC1. The summed E-state index contributed by atoms with van der Waals surface area (Å²) < 4.78 is 0. The van der Waals surface area contributed by atoms with Gasteiger partial charge < -0.3 is 15.3 Å². The Kier molecular flexibility index (Phi) is 4.54. The van der Waals surface area contributed by atoms with Crippen molar-refractivity contribution in [2.24, 2.45) is 5.92 Å². The smallest absolute Gasteiger partial charge is 0.317 e. The first-order valence-electron chi connectivity index (χ1n) is 5.85. The molecule has 0 spiro atoms. The minimum atomic E-state index is -0.896. The maximum atomic E-state index is 11.8. The molecule has 0 aromatic heterocycles. The number of amides is 2. The second-order valence-corrected chi connectivity index (χ2v) is 4.61. The third-order valence-corrected chi connectivity index (χ3v) is 3.21. The molecule has 1 aliphatic rings. The van der Waals surface area contributed by atoms with Gasteiger partial charge in [-0.1, -0.05) is 11.6 Å². The standard InChI is InChI=1S/C12H20N2O3/c1-8-4-6-14(7-5-8)12(17)13-10(3)9(2)11(15)16/h4,9-10H,5-7H2,1-3H3,(H,13,17)(H,15,16). The van der Waals surface area contributed by atoms with Crippen molar-refractivity contribution in [3.05, 3.63) is 11.6 Å². The average molecular weight is 240 g/mol. The van der Waals surface area contributed by atoms with Crippen LogP contribution in [0, 0.1) is 5.92 Å². The maximum Gasteiger partial charge on any atom is 0.317 e. The molecule has 5 heteroatoms. The van der Waals surface area contributed by atoms with Gasteiger partial charge in [0.1, 0.15) is 0 Å². The number of hydrogen-bond donors (Lipinski definition) is 2. The van der Waals surface area contributed by atoms with Gasteiger partial charge in [0.2, 0.25) is 0 Å². The number of carbonyl (C=O) groups excluding carboxylic acids is 1. The number of aliphatic carboxylic acids is 1. The molecule has 0 aliphatic carbocycles. The maximum absolute atomic E-state index is 11.8. The van der Waals surface area contributed by atoms with E-state index in [4.69, 9.17) is 5.11 Å². The Morgan fingerprint density at radius 1 is 1.47 bits per heavy atom. The summed E-state index contributed by atoms with van der Waals surface area (Å²) >= 11 is 0. The Morgan fingerprint density at radius 3 is 2.59 bits per heavy atom. The van der Waals surface area contributed by atoms with Crippen LogP contribution >= 0.6 is 0 Å². The van der Waals surface area contributed by atoms with Crippen LogP contribution in [-0.2, 0) is 4.79 Å². The summed E-state index contributed by atoms with van der Waals surface area (Å²) in [5.41, 5.74) is 1.29. The molecule has 0 fully saturated rings. The number of urea groups is 1. The molecule has 0 aromatic carbocycles. The van der Waals surface area contributed by atoms with Crippen LogP contribution in [0.3, 0.4) is 0 Å². The van der Waals surface area contributed by atoms with E-state index in [0.717, 1.165) is 6.42 Å². The lowest BCUT2D eigenvalue weighted by atomic mass is 10.0. The van der Waals surface area contributed by atoms with E-state index in [1.165, 1.54) is 5.57 Å².